The average Bonchev–Trinajstić information content (AvgIpc) is 2.83. The maximum absolute atomic E-state index is 11.9. The molecule has 0 aliphatic heterocycles. The molecule has 0 atom stereocenters. The van der Waals surface area contributed by atoms with E-state index in [-0.39, 0.29) is 5.91 Å². The quantitative estimate of drug-likeness (QED) is 0.896. The monoisotopic (exact) mass is 274 g/mol. The second-order valence-electron chi connectivity index (χ2n) is 4.16. The molecule has 0 unspecified atom stereocenters. The van der Waals surface area contributed by atoms with Crippen LogP contribution in [0.2, 0.25) is 0 Å². The summed E-state index contributed by atoms with van der Waals surface area (Å²) in [5.74, 6) is -0.579. The first-order chi connectivity index (χ1) is 9.06. The van der Waals surface area contributed by atoms with Gasteiger partial charge in [-0.25, -0.2) is 0 Å². The van der Waals surface area contributed by atoms with E-state index in [4.69, 9.17) is 5.73 Å². The standard InChI is InChI=1S/C14H14N2O2S/c1-9-5-6-12(19-9)14(18)16-8-10-3-2-4-11(7-10)13(15)17/h2-7H,8H2,1H3,(H2,15,17)(H,16,18). The van der Waals surface area contributed by atoms with Crippen molar-refractivity contribution >= 4 is 23.2 Å². The molecule has 3 N–H and O–H groups in total. The Bertz CT molecular complexity index is 619. The van der Waals surface area contributed by atoms with Crippen molar-refractivity contribution in [1.82, 2.24) is 5.32 Å². The van der Waals surface area contributed by atoms with Gasteiger partial charge in [0.15, 0.2) is 0 Å². The second-order valence-corrected chi connectivity index (χ2v) is 5.45. The smallest absolute Gasteiger partial charge is 0.261 e. The molecule has 1 aromatic heterocycles. The van der Waals surface area contributed by atoms with E-state index in [0.717, 1.165) is 10.4 Å². The minimum atomic E-state index is -0.470. The van der Waals surface area contributed by atoms with Crippen molar-refractivity contribution in [2.75, 3.05) is 0 Å². The van der Waals surface area contributed by atoms with Crippen molar-refractivity contribution in [1.29, 1.82) is 0 Å². The fourth-order valence-electron chi connectivity index (χ4n) is 1.66. The van der Waals surface area contributed by atoms with Crippen LogP contribution in [0.3, 0.4) is 0 Å². The van der Waals surface area contributed by atoms with Gasteiger partial charge in [0.05, 0.1) is 4.88 Å². The lowest BCUT2D eigenvalue weighted by Crippen LogP contribution is -2.22. The van der Waals surface area contributed by atoms with Gasteiger partial charge in [-0.05, 0) is 36.8 Å². The van der Waals surface area contributed by atoms with E-state index >= 15 is 0 Å². The van der Waals surface area contributed by atoms with Gasteiger partial charge in [-0.2, -0.15) is 0 Å². The van der Waals surface area contributed by atoms with E-state index in [9.17, 15) is 9.59 Å². The summed E-state index contributed by atoms with van der Waals surface area (Å²) in [4.78, 5) is 24.7. The van der Waals surface area contributed by atoms with Crippen LogP contribution in [0.15, 0.2) is 36.4 Å². The zero-order chi connectivity index (χ0) is 13.8. The summed E-state index contributed by atoms with van der Waals surface area (Å²) in [6, 6.07) is 10.6. The maximum Gasteiger partial charge on any atom is 0.261 e. The summed E-state index contributed by atoms with van der Waals surface area (Å²) >= 11 is 1.45. The molecular formula is C14H14N2O2S. The second kappa shape index (κ2) is 5.67. The maximum atomic E-state index is 11.9. The molecule has 19 heavy (non-hydrogen) atoms. The molecule has 0 saturated heterocycles. The molecule has 0 aliphatic rings. The minimum Gasteiger partial charge on any atom is -0.366 e. The Morgan fingerprint density at radius 1 is 1.26 bits per heavy atom. The SMILES string of the molecule is Cc1ccc(C(=O)NCc2cccc(C(N)=O)c2)s1. The number of thiophene rings is 1. The van der Waals surface area contributed by atoms with Crippen LogP contribution in [0, 0.1) is 6.92 Å². The van der Waals surface area contributed by atoms with Gasteiger partial charge in [-0.3, -0.25) is 9.59 Å². The van der Waals surface area contributed by atoms with Gasteiger partial charge in [0.2, 0.25) is 5.91 Å². The zero-order valence-corrected chi connectivity index (χ0v) is 11.3. The minimum absolute atomic E-state index is 0.109. The van der Waals surface area contributed by atoms with Crippen LogP contribution in [-0.4, -0.2) is 11.8 Å². The molecular weight excluding hydrogens is 260 g/mol. The van der Waals surface area contributed by atoms with Gasteiger partial charge in [0.1, 0.15) is 0 Å². The highest BCUT2D eigenvalue weighted by Crippen LogP contribution is 2.15. The van der Waals surface area contributed by atoms with Crippen LogP contribution in [0.1, 0.15) is 30.5 Å². The number of benzene rings is 1. The molecule has 0 saturated carbocycles. The molecule has 1 heterocycles. The van der Waals surface area contributed by atoms with Crippen molar-refractivity contribution in [2.24, 2.45) is 5.73 Å². The van der Waals surface area contributed by atoms with Gasteiger partial charge in [0.25, 0.3) is 5.91 Å². The van der Waals surface area contributed by atoms with Crippen molar-refractivity contribution in [3.63, 3.8) is 0 Å². The fraction of sp³-hybridized carbons (Fsp3) is 0.143. The van der Waals surface area contributed by atoms with E-state index < -0.39 is 5.91 Å². The highest BCUT2D eigenvalue weighted by molar-refractivity contribution is 7.13. The summed E-state index contributed by atoms with van der Waals surface area (Å²) in [6.45, 7) is 2.33. The topological polar surface area (TPSA) is 72.2 Å². The third kappa shape index (κ3) is 3.42. The Hall–Kier alpha value is -2.14. The van der Waals surface area contributed by atoms with E-state index in [1.807, 2.05) is 19.1 Å². The first-order valence-electron chi connectivity index (χ1n) is 5.79. The van der Waals surface area contributed by atoms with Crippen molar-refractivity contribution < 1.29 is 9.59 Å². The van der Waals surface area contributed by atoms with Gasteiger partial charge >= 0.3 is 0 Å². The van der Waals surface area contributed by atoms with Gasteiger partial charge in [-0.1, -0.05) is 12.1 Å². The Morgan fingerprint density at radius 2 is 2.05 bits per heavy atom. The molecule has 0 spiro atoms. The Balaban J connectivity index is 2.01. The molecule has 98 valence electrons. The number of aryl methyl sites for hydroxylation is 1. The Kier molecular flexibility index (Phi) is 3.97. The Labute approximate surface area is 115 Å². The molecule has 2 rings (SSSR count). The molecule has 0 aliphatic carbocycles. The first kappa shape index (κ1) is 13.3. The summed E-state index contributed by atoms with van der Waals surface area (Å²) in [5, 5.41) is 2.81. The highest BCUT2D eigenvalue weighted by Gasteiger charge is 2.08. The van der Waals surface area contributed by atoms with Crippen LogP contribution >= 0.6 is 11.3 Å². The first-order valence-corrected chi connectivity index (χ1v) is 6.61. The van der Waals surface area contributed by atoms with Crippen LogP contribution in [-0.2, 0) is 6.54 Å². The molecule has 0 fully saturated rings. The summed E-state index contributed by atoms with van der Waals surface area (Å²) in [6.07, 6.45) is 0. The lowest BCUT2D eigenvalue weighted by Gasteiger charge is -2.05. The highest BCUT2D eigenvalue weighted by atomic mass is 32.1. The number of primary amides is 1. The predicted octanol–water partition coefficient (Wildman–Crippen LogP) is 2.09. The van der Waals surface area contributed by atoms with Crippen molar-refractivity contribution in [3.8, 4) is 0 Å². The average molecular weight is 274 g/mol. The molecule has 2 aromatic rings. The van der Waals surface area contributed by atoms with Gasteiger partial charge in [-0.15, -0.1) is 11.3 Å². The number of carbonyl (C=O) groups is 2. The lowest BCUT2D eigenvalue weighted by atomic mass is 10.1. The summed E-state index contributed by atoms with van der Waals surface area (Å²) < 4.78 is 0. The van der Waals surface area contributed by atoms with Crippen LogP contribution in [0.4, 0.5) is 0 Å². The summed E-state index contributed by atoms with van der Waals surface area (Å²) in [5.41, 5.74) is 6.50. The normalized spacial score (nSPS) is 10.2. The largest absolute Gasteiger partial charge is 0.366 e. The third-order valence-electron chi connectivity index (χ3n) is 2.63. The number of hydrogen-bond donors (Lipinski definition) is 2. The number of carbonyl (C=O) groups excluding carboxylic acids is 2. The van der Waals surface area contributed by atoms with Crippen molar-refractivity contribution in [2.45, 2.75) is 13.5 Å². The molecule has 0 bridgehead atoms. The molecule has 2 amide bonds. The van der Waals surface area contributed by atoms with E-state index in [2.05, 4.69) is 5.32 Å². The van der Waals surface area contributed by atoms with Gasteiger partial charge < -0.3 is 11.1 Å². The van der Waals surface area contributed by atoms with Crippen LogP contribution < -0.4 is 11.1 Å². The fourth-order valence-corrected chi connectivity index (χ4v) is 2.44. The molecule has 0 radical (unpaired) electrons. The van der Waals surface area contributed by atoms with E-state index in [1.165, 1.54) is 11.3 Å². The van der Waals surface area contributed by atoms with Gasteiger partial charge in [0, 0.05) is 17.0 Å². The molecule has 4 nitrogen and oxygen atoms in total. The van der Waals surface area contributed by atoms with E-state index in [1.54, 1.807) is 24.3 Å². The number of rotatable bonds is 4. The molecule has 5 heteroatoms. The Morgan fingerprint density at radius 3 is 2.68 bits per heavy atom. The van der Waals surface area contributed by atoms with Crippen LogP contribution in [0.5, 0.6) is 0 Å². The molecule has 1 aromatic carbocycles. The van der Waals surface area contributed by atoms with Crippen molar-refractivity contribution in [3.05, 3.63) is 57.3 Å². The summed E-state index contributed by atoms with van der Waals surface area (Å²) in [7, 11) is 0. The number of nitrogens with two attached hydrogens (primary N) is 1. The van der Waals surface area contributed by atoms with Crippen LogP contribution in [0.25, 0.3) is 0 Å². The predicted molar refractivity (Wildman–Crippen MR) is 75.2 cm³/mol. The number of amides is 2. The lowest BCUT2D eigenvalue weighted by molar-refractivity contribution is 0.0954. The number of hydrogen-bond acceptors (Lipinski definition) is 3. The van der Waals surface area contributed by atoms with E-state index in [0.29, 0.717) is 17.0 Å². The third-order valence-corrected chi connectivity index (χ3v) is 3.63. The zero-order valence-electron chi connectivity index (χ0n) is 10.5. The number of nitrogens with one attached hydrogen (secondary N) is 1.